The number of piperazine rings is 1. The van der Waals surface area contributed by atoms with E-state index in [-0.39, 0.29) is 50.2 Å². The molecule has 1 saturated heterocycles. The Kier molecular flexibility index (Phi) is 10.9. The summed E-state index contributed by atoms with van der Waals surface area (Å²) in [4.78, 5) is 65.1. The fraction of sp³-hybridized carbons (Fsp3) is 0.444. The smallest absolute Gasteiger partial charge is 0.409 e. The molecular weight excluding hydrogens is 612 g/mol. The number of hydrogen-bond acceptors (Lipinski definition) is 9. The van der Waals surface area contributed by atoms with E-state index < -0.39 is 29.6 Å². The van der Waals surface area contributed by atoms with Crippen LogP contribution in [0.25, 0.3) is 11.4 Å². The molecule has 0 radical (unpaired) electrons. The lowest BCUT2D eigenvalue weighted by Gasteiger charge is -2.36. The molecule has 2 aromatic carbocycles. The van der Waals surface area contributed by atoms with Gasteiger partial charge in [0.05, 0.1) is 12.6 Å². The van der Waals surface area contributed by atoms with Crippen LogP contribution in [0.4, 0.5) is 10.6 Å². The van der Waals surface area contributed by atoms with Crippen molar-refractivity contribution in [3.05, 3.63) is 77.5 Å². The third kappa shape index (κ3) is 8.87. The molecule has 5 rings (SSSR count). The van der Waals surface area contributed by atoms with Crippen molar-refractivity contribution in [2.75, 3.05) is 38.1 Å². The number of carbonyl (C=O) groups excluding carboxylic acids is 4. The molecule has 2 atom stereocenters. The fourth-order valence-electron chi connectivity index (χ4n) is 5.93. The van der Waals surface area contributed by atoms with E-state index in [0.717, 1.165) is 18.4 Å². The molecule has 48 heavy (non-hydrogen) atoms. The van der Waals surface area contributed by atoms with E-state index in [2.05, 4.69) is 27.8 Å². The van der Waals surface area contributed by atoms with Gasteiger partial charge >= 0.3 is 12.1 Å². The maximum absolute atomic E-state index is 13.9. The Morgan fingerprint density at radius 1 is 0.938 bits per heavy atom. The number of nitrogens with zero attached hydrogens (tertiary/aromatic N) is 4. The molecule has 3 amide bonds. The topological polar surface area (TPSA) is 143 Å². The SMILES string of the molecule is CCOC(=O)N1CCN(C(=O)[C@H](CCC(=O)OC(C)(C)C)NC(=O)c2cc(N[C@@H]3CCc4ccccc43)nc(-c3ccccc3)n2)CC1. The van der Waals surface area contributed by atoms with E-state index in [1.165, 1.54) is 11.1 Å². The Morgan fingerprint density at radius 2 is 1.62 bits per heavy atom. The quantitative estimate of drug-likeness (QED) is 0.295. The molecule has 12 heteroatoms. The largest absolute Gasteiger partial charge is 0.460 e. The second-order valence-electron chi connectivity index (χ2n) is 12.9. The molecule has 12 nitrogen and oxygen atoms in total. The van der Waals surface area contributed by atoms with Gasteiger partial charge in [-0.25, -0.2) is 14.8 Å². The standard InChI is InChI=1S/C36H44N6O6/c1-5-47-35(46)42-21-19-41(20-22-42)34(45)28(17-18-31(43)48-36(2,3)4)39-33(44)29-23-30(40-32(38-29)25-12-7-6-8-13-25)37-27-16-15-24-11-9-10-14-26(24)27/h6-14,23,27-28H,5,15-22H2,1-4H3,(H,39,44)(H,37,38,40)/t27-,28+/m1/s1. The van der Waals surface area contributed by atoms with Crippen molar-refractivity contribution in [3.8, 4) is 11.4 Å². The van der Waals surface area contributed by atoms with Crippen molar-refractivity contribution < 1.29 is 28.7 Å². The first-order valence-corrected chi connectivity index (χ1v) is 16.5. The first-order valence-electron chi connectivity index (χ1n) is 16.5. The molecule has 0 bridgehead atoms. The van der Waals surface area contributed by atoms with E-state index in [4.69, 9.17) is 14.5 Å². The lowest BCUT2D eigenvalue weighted by Crippen LogP contribution is -2.56. The van der Waals surface area contributed by atoms with Gasteiger partial charge < -0.3 is 29.9 Å². The Hall–Kier alpha value is -5.00. The van der Waals surface area contributed by atoms with Gasteiger partial charge in [0.2, 0.25) is 5.91 Å². The van der Waals surface area contributed by atoms with Crippen molar-refractivity contribution >= 4 is 29.7 Å². The number of amides is 3. The number of fused-ring (bicyclic) bond motifs is 1. The third-order valence-corrected chi connectivity index (χ3v) is 8.22. The molecule has 2 N–H and O–H groups in total. The first-order chi connectivity index (χ1) is 23.0. The van der Waals surface area contributed by atoms with Crippen LogP contribution < -0.4 is 10.6 Å². The molecule has 0 unspecified atom stereocenters. The van der Waals surface area contributed by atoms with Crippen LogP contribution in [0.5, 0.6) is 0 Å². The van der Waals surface area contributed by atoms with Crippen LogP contribution in [-0.4, -0.2) is 88.1 Å². The number of rotatable bonds is 10. The minimum Gasteiger partial charge on any atom is -0.460 e. The highest BCUT2D eigenvalue weighted by Crippen LogP contribution is 2.33. The van der Waals surface area contributed by atoms with Crippen LogP contribution in [-0.2, 0) is 25.5 Å². The molecule has 1 fully saturated rings. The molecule has 3 aromatic rings. The number of anilines is 1. The number of hydrogen-bond donors (Lipinski definition) is 2. The summed E-state index contributed by atoms with van der Waals surface area (Å²) in [5.41, 5.74) is 2.60. The summed E-state index contributed by atoms with van der Waals surface area (Å²) in [6.45, 7) is 8.43. The molecule has 1 aliphatic carbocycles. The Morgan fingerprint density at radius 3 is 2.33 bits per heavy atom. The number of aryl methyl sites for hydroxylation is 1. The molecule has 254 valence electrons. The maximum Gasteiger partial charge on any atom is 0.409 e. The van der Waals surface area contributed by atoms with Crippen molar-refractivity contribution in [2.45, 2.75) is 71.1 Å². The fourth-order valence-corrected chi connectivity index (χ4v) is 5.93. The van der Waals surface area contributed by atoms with Gasteiger partial charge in [0, 0.05) is 44.2 Å². The number of ether oxygens (including phenoxy) is 2. The molecular formula is C36H44N6O6. The summed E-state index contributed by atoms with van der Waals surface area (Å²) in [6, 6.07) is 18.2. The summed E-state index contributed by atoms with van der Waals surface area (Å²) >= 11 is 0. The van der Waals surface area contributed by atoms with Gasteiger partial charge in [0.1, 0.15) is 23.2 Å². The zero-order chi connectivity index (χ0) is 34.3. The molecule has 2 heterocycles. The van der Waals surface area contributed by atoms with Crippen LogP contribution in [0.1, 0.15) is 74.6 Å². The lowest BCUT2D eigenvalue weighted by molar-refractivity contribution is -0.155. The molecule has 2 aliphatic rings. The summed E-state index contributed by atoms with van der Waals surface area (Å²) < 4.78 is 10.6. The molecule has 1 aliphatic heterocycles. The number of benzene rings is 2. The van der Waals surface area contributed by atoms with Crippen LogP contribution >= 0.6 is 0 Å². The summed E-state index contributed by atoms with van der Waals surface area (Å²) in [6.07, 6.45) is 1.34. The lowest BCUT2D eigenvalue weighted by atomic mass is 10.1. The van der Waals surface area contributed by atoms with Crippen molar-refractivity contribution in [1.82, 2.24) is 25.1 Å². The number of esters is 1. The van der Waals surface area contributed by atoms with E-state index in [9.17, 15) is 19.2 Å². The second kappa shape index (κ2) is 15.3. The highest BCUT2D eigenvalue weighted by Gasteiger charge is 2.32. The van der Waals surface area contributed by atoms with Gasteiger partial charge in [-0.05, 0) is 58.1 Å². The molecule has 0 saturated carbocycles. The minimum atomic E-state index is -1.03. The van der Waals surface area contributed by atoms with Gasteiger partial charge in [-0.3, -0.25) is 14.4 Å². The predicted octanol–water partition coefficient (Wildman–Crippen LogP) is 4.76. The van der Waals surface area contributed by atoms with Crippen molar-refractivity contribution in [1.29, 1.82) is 0 Å². The van der Waals surface area contributed by atoms with E-state index in [1.807, 2.05) is 42.5 Å². The average Bonchev–Trinajstić information content (AvgIpc) is 3.48. The van der Waals surface area contributed by atoms with E-state index in [0.29, 0.717) is 24.7 Å². The van der Waals surface area contributed by atoms with Crippen LogP contribution in [0.3, 0.4) is 0 Å². The maximum atomic E-state index is 13.9. The van der Waals surface area contributed by atoms with Gasteiger partial charge in [-0.2, -0.15) is 0 Å². The van der Waals surface area contributed by atoms with Crippen LogP contribution in [0, 0.1) is 0 Å². The first kappa shape index (κ1) is 34.3. The van der Waals surface area contributed by atoms with Gasteiger partial charge in [0.25, 0.3) is 5.91 Å². The third-order valence-electron chi connectivity index (χ3n) is 8.22. The van der Waals surface area contributed by atoms with Crippen LogP contribution in [0.15, 0.2) is 60.7 Å². The van der Waals surface area contributed by atoms with Gasteiger partial charge in [-0.1, -0.05) is 54.6 Å². The number of carbonyl (C=O) groups is 4. The number of aromatic nitrogens is 2. The van der Waals surface area contributed by atoms with Crippen molar-refractivity contribution in [2.24, 2.45) is 0 Å². The van der Waals surface area contributed by atoms with E-state index in [1.54, 1.807) is 43.6 Å². The normalized spacial score (nSPS) is 16.5. The van der Waals surface area contributed by atoms with Crippen LogP contribution in [0.2, 0.25) is 0 Å². The monoisotopic (exact) mass is 656 g/mol. The average molecular weight is 657 g/mol. The van der Waals surface area contributed by atoms with Gasteiger partial charge in [0.15, 0.2) is 5.82 Å². The second-order valence-corrected chi connectivity index (χ2v) is 12.9. The highest BCUT2D eigenvalue weighted by atomic mass is 16.6. The van der Waals surface area contributed by atoms with Crippen molar-refractivity contribution in [3.63, 3.8) is 0 Å². The van der Waals surface area contributed by atoms with Gasteiger partial charge in [-0.15, -0.1) is 0 Å². The summed E-state index contributed by atoms with van der Waals surface area (Å²) in [5, 5.41) is 6.36. The summed E-state index contributed by atoms with van der Waals surface area (Å²) in [5.74, 6) is -0.546. The minimum absolute atomic E-state index is 0.0204. The molecule has 0 spiro atoms. The Balaban J connectivity index is 1.38. The number of nitrogens with one attached hydrogen (secondary N) is 2. The highest BCUT2D eigenvalue weighted by molar-refractivity contribution is 5.97. The molecule has 1 aromatic heterocycles. The predicted molar refractivity (Wildman–Crippen MR) is 180 cm³/mol. The summed E-state index contributed by atoms with van der Waals surface area (Å²) in [7, 11) is 0. The van der Waals surface area contributed by atoms with E-state index >= 15 is 0 Å². The Bertz CT molecular complexity index is 1620. The zero-order valence-corrected chi connectivity index (χ0v) is 28.0. The zero-order valence-electron chi connectivity index (χ0n) is 28.0. The Labute approximate surface area is 281 Å².